The molecule has 2 aromatic carbocycles. The van der Waals surface area contributed by atoms with Crippen LogP contribution in [0.1, 0.15) is 5.56 Å². The van der Waals surface area contributed by atoms with Crippen molar-refractivity contribution in [2.75, 3.05) is 44.7 Å². The summed E-state index contributed by atoms with van der Waals surface area (Å²) in [6.07, 6.45) is 0. The number of urea groups is 1. The summed E-state index contributed by atoms with van der Waals surface area (Å²) < 4.78 is 11.1. The van der Waals surface area contributed by atoms with E-state index < -0.39 is 0 Å². The van der Waals surface area contributed by atoms with Crippen LogP contribution in [-0.4, -0.2) is 55.2 Å². The Labute approximate surface area is 163 Å². The standard InChI is InChI=1S/C20H22ClN3O3/c21-17-4-2-1-3-15(17)14-23-7-9-24(10-8-23)20(25)22-16-5-6-18-19(13-16)27-12-11-26-18/h1-6,13H,7-12,14H2,(H,22,25). The van der Waals surface area contributed by atoms with E-state index in [9.17, 15) is 4.79 Å². The molecule has 6 nitrogen and oxygen atoms in total. The Morgan fingerprint density at radius 1 is 1.00 bits per heavy atom. The van der Waals surface area contributed by atoms with Gasteiger partial charge in [-0.3, -0.25) is 4.90 Å². The summed E-state index contributed by atoms with van der Waals surface area (Å²) in [6, 6.07) is 13.3. The number of amides is 2. The van der Waals surface area contributed by atoms with Crippen molar-refractivity contribution in [3.8, 4) is 11.5 Å². The van der Waals surface area contributed by atoms with Crippen molar-refractivity contribution in [1.82, 2.24) is 9.80 Å². The first-order chi connectivity index (χ1) is 13.2. The molecule has 7 heteroatoms. The maximum atomic E-state index is 12.6. The van der Waals surface area contributed by atoms with Crippen LogP contribution < -0.4 is 14.8 Å². The molecule has 27 heavy (non-hydrogen) atoms. The van der Waals surface area contributed by atoms with Crippen LogP contribution in [-0.2, 0) is 6.54 Å². The largest absolute Gasteiger partial charge is 0.486 e. The first-order valence-corrected chi connectivity index (χ1v) is 9.48. The normalized spacial score (nSPS) is 16.9. The van der Waals surface area contributed by atoms with Gasteiger partial charge in [-0.15, -0.1) is 0 Å². The van der Waals surface area contributed by atoms with Gasteiger partial charge in [0.25, 0.3) is 0 Å². The highest BCUT2D eigenvalue weighted by Gasteiger charge is 2.22. The Balaban J connectivity index is 1.30. The summed E-state index contributed by atoms with van der Waals surface area (Å²) in [5.41, 5.74) is 1.83. The van der Waals surface area contributed by atoms with Crippen LogP contribution in [0.3, 0.4) is 0 Å². The second-order valence-electron chi connectivity index (χ2n) is 6.64. The molecule has 2 aromatic rings. The van der Waals surface area contributed by atoms with Gasteiger partial charge in [0.2, 0.25) is 0 Å². The maximum absolute atomic E-state index is 12.6. The predicted octanol–water partition coefficient (Wildman–Crippen LogP) is 3.46. The molecule has 1 fully saturated rings. The minimum absolute atomic E-state index is 0.0935. The van der Waals surface area contributed by atoms with Gasteiger partial charge < -0.3 is 19.7 Å². The second-order valence-corrected chi connectivity index (χ2v) is 7.05. The molecular weight excluding hydrogens is 366 g/mol. The lowest BCUT2D eigenvalue weighted by Gasteiger charge is -2.34. The summed E-state index contributed by atoms with van der Waals surface area (Å²) in [7, 11) is 0. The summed E-state index contributed by atoms with van der Waals surface area (Å²) >= 11 is 6.24. The van der Waals surface area contributed by atoms with Crippen molar-refractivity contribution < 1.29 is 14.3 Å². The zero-order valence-corrected chi connectivity index (χ0v) is 15.7. The van der Waals surface area contributed by atoms with Crippen molar-refractivity contribution in [2.45, 2.75) is 6.54 Å². The minimum atomic E-state index is -0.0935. The fourth-order valence-corrected chi connectivity index (χ4v) is 3.50. The highest BCUT2D eigenvalue weighted by Crippen LogP contribution is 2.32. The van der Waals surface area contributed by atoms with Crippen LogP contribution in [0.25, 0.3) is 0 Å². The van der Waals surface area contributed by atoms with Crippen molar-refractivity contribution in [3.05, 3.63) is 53.1 Å². The van der Waals surface area contributed by atoms with E-state index >= 15 is 0 Å². The maximum Gasteiger partial charge on any atom is 0.321 e. The molecule has 2 amide bonds. The summed E-state index contributed by atoms with van der Waals surface area (Å²) in [5.74, 6) is 1.39. The Hall–Kier alpha value is -2.44. The Kier molecular flexibility index (Phi) is 5.36. The first-order valence-electron chi connectivity index (χ1n) is 9.10. The number of piperazine rings is 1. The predicted molar refractivity (Wildman–Crippen MR) is 105 cm³/mol. The molecule has 2 aliphatic rings. The molecule has 0 saturated carbocycles. The quantitative estimate of drug-likeness (QED) is 0.876. The molecule has 1 saturated heterocycles. The Morgan fingerprint density at radius 2 is 1.74 bits per heavy atom. The number of nitrogens with zero attached hydrogens (tertiary/aromatic N) is 2. The monoisotopic (exact) mass is 387 g/mol. The number of fused-ring (bicyclic) bond motifs is 1. The second kappa shape index (κ2) is 8.06. The van der Waals surface area contributed by atoms with Gasteiger partial charge in [0.05, 0.1) is 0 Å². The van der Waals surface area contributed by atoms with E-state index in [-0.39, 0.29) is 6.03 Å². The fourth-order valence-electron chi connectivity index (χ4n) is 3.30. The van der Waals surface area contributed by atoms with Gasteiger partial charge in [-0.05, 0) is 23.8 Å². The molecule has 142 valence electrons. The summed E-state index contributed by atoms with van der Waals surface area (Å²) in [6.45, 7) is 4.88. The number of ether oxygens (including phenoxy) is 2. The van der Waals surface area contributed by atoms with Crippen LogP contribution in [0.2, 0.25) is 5.02 Å². The number of nitrogens with one attached hydrogen (secondary N) is 1. The molecular formula is C20H22ClN3O3. The smallest absolute Gasteiger partial charge is 0.321 e. The first kappa shape index (κ1) is 17.9. The highest BCUT2D eigenvalue weighted by molar-refractivity contribution is 6.31. The third-order valence-corrected chi connectivity index (χ3v) is 5.17. The van der Waals surface area contributed by atoms with Crippen LogP contribution in [0, 0.1) is 0 Å². The van der Waals surface area contributed by atoms with Crippen LogP contribution in [0.5, 0.6) is 11.5 Å². The lowest BCUT2D eigenvalue weighted by molar-refractivity contribution is 0.143. The lowest BCUT2D eigenvalue weighted by Crippen LogP contribution is -2.49. The van der Waals surface area contributed by atoms with E-state index in [1.165, 1.54) is 0 Å². The minimum Gasteiger partial charge on any atom is -0.486 e. The molecule has 0 bridgehead atoms. The van der Waals surface area contributed by atoms with E-state index in [1.807, 2.05) is 41.3 Å². The molecule has 0 aromatic heterocycles. The Morgan fingerprint density at radius 3 is 2.52 bits per heavy atom. The van der Waals surface area contributed by atoms with Crippen molar-refractivity contribution in [3.63, 3.8) is 0 Å². The van der Waals surface area contributed by atoms with E-state index in [0.29, 0.717) is 43.5 Å². The molecule has 4 rings (SSSR count). The number of carbonyl (C=O) groups is 1. The van der Waals surface area contributed by atoms with Gasteiger partial charge >= 0.3 is 6.03 Å². The molecule has 0 radical (unpaired) electrons. The summed E-state index contributed by atoms with van der Waals surface area (Å²) in [4.78, 5) is 16.7. The average Bonchev–Trinajstić information content (AvgIpc) is 2.70. The van der Waals surface area contributed by atoms with E-state index in [1.54, 1.807) is 6.07 Å². The van der Waals surface area contributed by atoms with Crippen LogP contribution in [0.4, 0.5) is 10.5 Å². The van der Waals surface area contributed by atoms with Crippen LogP contribution in [0.15, 0.2) is 42.5 Å². The number of halogens is 1. The van der Waals surface area contributed by atoms with Gasteiger partial charge in [-0.25, -0.2) is 4.79 Å². The van der Waals surface area contributed by atoms with Gasteiger partial charge in [-0.2, -0.15) is 0 Å². The van der Waals surface area contributed by atoms with Crippen molar-refractivity contribution >= 4 is 23.3 Å². The third-order valence-electron chi connectivity index (χ3n) is 4.80. The summed E-state index contributed by atoms with van der Waals surface area (Å²) in [5, 5.41) is 3.74. The molecule has 0 aliphatic carbocycles. The molecule has 1 N–H and O–H groups in total. The van der Waals surface area contributed by atoms with E-state index in [2.05, 4.69) is 10.2 Å². The number of hydrogen-bond donors (Lipinski definition) is 1. The van der Waals surface area contributed by atoms with Crippen LogP contribution >= 0.6 is 11.6 Å². The number of benzene rings is 2. The molecule has 0 spiro atoms. The van der Waals surface area contributed by atoms with Gasteiger partial charge in [-0.1, -0.05) is 29.8 Å². The van der Waals surface area contributed by atoms with Gasteiger partial charge in [0.1, 0.15) is 13.2 Å². The van der Waals surface area contributed by atoms with Crippen molar-refractivity contribution in [1.29, 1.82) is 0 Å². The fraction of sp³-hybridized carbons (Fsp3) is 0.350. The molecule has 0 atom stereocenters. The van der Waals surface area contributed by atoms with Gasteiger partial charge in [0, 0.05) is 49.5 Å². The molecule has 2 heterocycles. The van der Waals surface area contributed by atoms with E-state index in [4.69, 9.17) is 21.1 Å². The Bertz CT molecular complexity index is 822. The number of anilines is 1. The molecule has 0 unspecified atom stereocenters. The zero-order valence-electron chi connectivity index (χ0n) is 15.0. The van der Waals surface area contributed by atoms with E-state index in [0.717, 1.165) is 30.2 Å². The van der Waals surface area contributed by atoms with Gasteiger partial charge in [0.15, 0.2) is 11.5 Å². The third kappa shape index (κ3) is 4.28. The highest BCUT2D eigenvalue weighted by atomic mass is 35.5. The van der Waals surface area contributed by atoms with Crippen molar-refractivity contribution in [2.24, 2.45) is 0 Å². The number of rotatable bonds is 3. The zero-order chi connectivity index (χ0) is 18.6. The topological polar surface area (TPSA) is 54.0 Å². The number of carbonyl (C=O) groups excluding carboxylic acids is 1. The number of hydrogen-bond acceptors (Lipinski definition) is 4. The SMILES string of the molecule is O=C(Nc1ccc2c(c1)OCCO2)N1CCN(Cc2ccccc2Cl)CC1. The molecule has 2 aliphatic heterocycles. The lowest BCUT2D eigenvalue weighted by atomic mass is 10.2. The average molecular weight is 388 g/mol.